The molecule has 0 aromatic carbocycles. The molecule has 118 valence electrons. The van der Waals surface area contributed by atoms with E-state index in [4.69, 9.17) is 9.15 Å². The van der Waals surface area contributed by atoms with E-state index in [0.717, 1.165) is 38.2 Å². The number of nitrogens with one attached hydrogen (secondary N) is 1. The molecule has 2 rings (SSSR count). The highest BCUT2D eigenvalue weighted by Gasteiger charge is 2.33. The average molecular weight is 294 g/mol. The fourth-order valence-corrected chi connectivity index (χ4v) is 2.40. The Labute approximate surface area is 126 Å². The van der Waals surface area contributed by atoms with Crippen molar-refractivity contribution in [2.75, 3.05) is 13.1 Å². The lowest BCUT2D eigenvalue weighted by Gasteiger charge is -2.40. The first-order valence-corrected chi connectivity index (χ1v) is 7.53. The van der Waals surface area contributed by atoms with Gasteiger partial charge >= 0.3 is 6.09 Å². The molecule has 5 nitrogen and oxygen atoms in total. The van der Waals surface area contributed by atoms with Crippen molar-refractivity contribution < 1.29 is 13.9 Å². The first kappa shape index (κ1) is 15.9. The van der Waals surface area contributed by atoms with E-state index in [0.29, 0.717) is 0 Å². The minimum atomic E-state index is -0.435. The second-order valence-electron chi connectivity index (χ2n) is 6.96. The third-order valence-corrected chi connectivity index (χ3v) is 3.79. The Hall–Kier alpha value is -1.49. The number of piperidine rings is 1. The largest absolute Gasteiger partial charge is 0.468 e. The lowest BCUT2D eigenvalue weighted by Crippen LogP contribution is -2.53. The summed E-state index contributed by atoms with van der Waals surface area (Å²) in [5, 5.41) is 3.54. The SMILES string of the molecule is CC1(NCc2ccco2)CCN(C(=O)OC(C)(C)C)CC1. The maximum absolute atomic E-state index is 12.0. The molecule has 0 spiro atoms. The fourth-order valence-electron chi connectivity index (χ4n) is 2.40. The number of amides is 1. The van der Waals surface area contributed by atoms with Gasteiger partial charge in [0.15, 0.2) is 0 Å². The molecule has 0 atom stereocenters. The summed E-state index contributed by atoms with van der Waals surface area (Å²) in [6, 6.07) is 3.86. The molecule has 1 N–H and O–H groups in total. The van der Waals surface area contributed by atoms with Crippen molar-refractivity contribution in [1.29, 1.82) is 0 Å². The maximum atomic E-state index is 12.0. The molecule has 2 heterocycles. The molecule has 0 radical (unpaired) electrons. The smallest absolute Gasteiger partial charge is 0.410 e. The van der Waals surface area contributed by atoms with Crippen LogP contribution in [0.15, 0.2) is 22.8 Å². The van der Waals surface area contributed by atoms with Gasteiger partial charge in [-0.2, -0.15) is 0 Å². The summed E-state index contributed by atoms with van der Waals surface area (Å²) in [4.78, 5) is 13.8. The van der Waals surface area contributed by atoms with Crippen LogP contribution in [0, 0.1) is 0 Å². The van der Waals surface area contributed by atoms with Gasteiger partial charge in [-0.25, -0.2) is 4.79 Å². The van der Waals surface area contributed by atoms with Crippen molar-refractivity contribution in [3.05, 3.63) is 24.2 Å². The van der Waals surface area contributed by atoms with Crippen LogP contribution in [0.25, 0.3) is 0 Å². The Kier molecular flexibility index (Phi) is 4.61. The van der Waals surface area contributed by atoms with Crippen molar-refractivity contribution in [2.45, 2.75) is 58.2 Å². The number of rotatable bonds is 3. The summed E-state index contributed by atoms with van der Waals surface area (Å²) < 4.78 is 10.8. The van der Waals surface area contributed by atoms with Gasteiger partial charge in [-0.1, -0.05) is 0 Å². The van der Waals surface area contributed by atoms with Gasteiger partial charge in [0.05, 0.1) is 12.8 Å². The van der Waals surface area contributed by atoms with Gasteiger partial charge in [-0.05, 0) is 52.7 Å². The second kappa shape index (κ2) is 6.10. The predicted octanol–water partition coefficient (Wildman–Crippen LogP) is 3.16. The van der Waals surface area contributed by atoms with E-state index in [2.05, 4.69) is 12.2 Å². The van der Waals surface area contributed by atoms with Crippen LogP contribution in [-0.4, -0.2) is 35.2 Å². The summed E-state index contributed by atoms with van der Waals surface area (Å²) in [6.45, 7) is 10.0. The van der Waals surface area contributed by atoms with Crippen LogP contribution in [0.5, 0.6) is 0 Å². The van der Waals surface area contributed by atoms with Crippen LogP contribution in [0.1, 0.15) is 46.3 Å². The Morgan fingerprint density at radius 1 is 1.43 bits per heavy atom. The van der Waals surface area contributed by atoms with E-state index < -0.39 is 5.60 Å². The monoisotopic (exact) mass is 294 g/mol. The summed E-state index contributed by atoms with van der Waals surface area (Å²) in [5.41, 5.74) is -0.402. The number of furan rings is 1. The molecule has 1 amide bonds. The first-order valence-electron chi connectivity index (χ1n) is 7.53. The van der Waals surface area contributed by atoms with Gasteiger partial charge in [-0.3, -0.25) is 0 Å². The molecule has 1 aromatic rings. The van der Waals surface area contributed by atoms with Gasteiger partial charge in [0.1, 0.15) is 11.4 Å². The lowest BCUT2D eigenvalue weighted by molar-refractivity contribution is 0.0155. The first-order chi connectivity index (χ1) is 9.77. The van der Waals surface area contributed by atoms with Crippen LogP contribution in [0.2, 0.25) is 0 Å². The zero-order chi connectivity index (χ0) is 15.5. The third kappa shape index (κ3) is 4.77. The normalized spacial score (nSPS) is 18.6. The molecular formula is C16H26N2O3. The minimum absolute atomic E-state index is 0.0330. The zero-order valence-electron chi connectivity index (χ0n) is 13.4. The molecule has 5 heteroatoms. The number of hydrogen-bond acceptors (Lipinski definition) is 4. The highest BCUT2D eigenvalue weighted by Crippen LogP contribution is 2.23. The topological polar surface area (TPSA) is 54.7 Å². The van der Waals surface area contributed by atoms with Gasteiger partial charge in [0.25, 0.3) is 0 Å². The number of likely N-dealkylation sites (tertiary alicyclic amines) is 1. The van der Waals surface area contributed by atoms with Gasteiger partial charge in [0.2, 0.25) is 0 Å². The van der Waals surface area contributed by atoms with Gasteiger partial charge in [0, 0.05) is 18.6 Å². The molecule has 21 heavy (non-hydrogen) atoms. The summed E-state index contributed by atoms with van der Waals surface area (Å²) in [5.74, 6) is 0.936. The van der Waals surface area contributed by atoms with Crippen molar-refractivity contribution in [3.8, 4) is 0 Å². The molecule has 1 saturated heterocycles. The van der Waals surface area contributed by atoms with Crippen LogP contribution in [-0.2, 0) is 11.3 Å². The van der Waals surface area contributed by atoms with Crippen LogP contribution >= 0.6 is 0 Å². The highest BCUT2D eigenvalue weighted by atomic mass is 16.6. The number of carbonyl (C=O) groups excluding carboxylic acids is 1. The standard InChI is InChI=1S/C16H26N2O3/c1-15(2,3)21-14(19)18-9-7-16(4,8-10-18)17-12-13-6-5-11-20-13/h5-6,11,17H,7-10,12H2,1-4H3. The summed E-state index contributed by atoms with van der Waals surface area (Å²) in [6.07, 6.45) is 3.29. The van der Waals surface area contributed by atoms with E-state index in [9.17, 15) is 4.79 Å². The van der Waals surface area contributed by atoms with Crippen molar-refractivity contribution in [3.63, 3.8) is 0 Å². The Morgan fingerprint density at radius 2 is 2.10 bits per heavy atom. The number of ether oxygens (including phenoxy) is 1. The molecule has 0 aliphatic carbocycles. The van der Waals surface area contributed by atoms with E-state index in [1.54, 1.807) is 11.2 Å². The number of nitrogens with zero attached hydrogens (tertiary/aromatic N) is 1. The second-order valence-corrected chi connectivity index (χ2v) is 6.96. The molecule has 1 fully saturated rings. The van der Waals surface area contributed by atoms with Crippen LogP contribution in [0.3, 0.4) is 0 Å². The van der Waals surface area contributed by atoms with Crippen molar-refractivity contribution in [2.24, 2.45) is 0 Å². The van der Waals surface area contributed by atoms with Crippen LogP contribution < -0.4 is 5.32 Å². The van der Waals surface area contributed by atoms with Crippen molar-refractivity contribution in [1.82, 2.24) is 10.2 Å². The van der Waals surface area contributed by atoms with E-state index in [1.807, 2.05) is 32.9 Å². The predicted molar refractivity (Wildman–Crippen MR) is 81.0 cm³/mol. The quantitative estimate of drug-likeness (QED) is 0.930. The van der Waals surface area contributed by atoms with E-state index >= 15 is 0 Å². The summed E-state index contributed by atoms with van der Waals surface area (Å²) in [7, 11) is 0. The molecule has 1 aliphatic rings. The van der Waals surface area contributed by atoms with Crippen molar-refractivity contribution >= 4 is 6.09 Å². The number of carbonyl (C=O) groups is 1. The Morgan fingerprint density at radius 3 is 2.62 bits per heavy atom. The lowest BCUT2D eigenvalue weighted by atomic mass is 9.89. The molecule has 0 saturated carbocycles. The van der Waals surface area contributed by atoms with Gasteiger partial charge in [-0.15, -0.1) is 0 Å². The maximum Gasteiger partial charge on any atom is 0.410 e. The summed E-state index contributed by atoms with van der Waals surface area (Å²) >= 11 is 0. The molecular weight excluding hydrogens is 268 g/mol. The van der Waals surface area contributed by atoms with Gasteiger partial charge < -0.3 is 19.4 Å². The molecule has 0 unspecified atom stereocenters. The highest BCUT2D eigenvalue weighted by molar-refractivity contribution is 5.68. The van der Waals surface area contributed by atoms with E-state index in [1.165, 1.54) is 0 Å². The zero-order valence-corrected chi connectivity index (χ0v) is 13.4. The minimum Gasteiger partial charge on any atom is -0.468 e. The van der Waals surface area contributed by atoms with E-state index in [-0.39, 0.29) is 11.6 Å². The fraction of sp³-hybridized carbons (Fsp3) is 0.688. The Bertz CT molecular complexity index is 454. The Balaban J connectivity index is 1.80. The third-order valence-electron chi connectivity index (χ3n) is 3.79. The molecule has 1 aromatic heterocycles. The molecule has 1 aliphatic heterocycles. The average Bonchev–Trinajstić information content (AvgIpc) is 2.88. The molecule has 0 bridgehead atoms. The van der Waals surface area contributed by atoms with Crippen LogP contribution in [0.4, 0.5) is 4.79 Å². The number of hydrogen-bond donors (Lipinski definition) is 1.